The molecule has 0 saturated carbocycles. The van der Waals surface area contributed by atoms with E-state index in [1.807, 2.05) is 5.38 Å². The minimum Gasteiger partial charge on any atom is -0.375 e. The van der Waals surface area contributed by atoms with Gasteiger partial charge in [0.05, 0.1) is 12.1 Å². The molecule has 1 aromatic rings. The number of carbonyl (C=O) groups is 1. The van der Waals surface area contributed by atoms with Crippen molar-refractivity contribution < 1.29 is 4.79 Å². The van der Waals surface area contributed by atoms with Crippen LogP contribution in [0.5, 0.6) is 0 Å². The van der Waals surface area contributed by atoms with Crippen LogP contribution in [0.3, 0.4) is 0 Å². The predicted octanol–water partition coefficient (Wildman–Crippen LogP) is 2.31. The van der Waals surface area contributed by atoms with Crippen molar-refractivity contribution in [2.24, 2.45) is 17.8 Å². The monoisotopic (exact) mass is 269 g/mol. The molecule has 4 nitrogen and oxygen atoms in total. The van der Waals surface area contributed by atoms with Crippen LogP contribution in [0.4, 0.5) is 5.13 Å². The van der Waals surface area contributed by atoms with Crippen molar-refractivity contribution in [2.75, 3.05) is 12.3 Å². The molecule has 0 aliphatic heterocycles. The largest absolute Gasteiger partial charge is 0.375 e. The first-order valence-corrected chi connectivity index (χ1v) is 7.24. The Morgan fingerprint density at radius 2 is 2.00 bits per heavy atom. The van der Waals surface area contributed by atoms with Gasteiger partial charge in [0, 0.05) is 11.9 Å². The van der Waals surface area contributed by atoms with E-state index in [-0.39, 0.29) is 5.91 Å². The number of nitrogens with two attached hydrogens (primary N) is 1. The van der Waals surface area contributed by atoms with Crippen LogP contribution in [-0.4, -0.2) is 17.4 Å². The highest BCUT2D eigenvalue weighted by Gasteiger charge is 2.18. The van der Waals surface area contributed by atoms with Gasteiger partial charge in [0.1, 0.15) is 0 Å². The predicted molar refractivity (Wildman–Crippen MR) is 76.4 cm³/mol. The topological polar surface area (TPSA) is 68.0 Å². The molecule has 18 heavy (non-hydrogen) atoms. The minimum absolute atomic E-state index is 0.0200. The van der Waals surface area contributed by atoms with Crippen molar-refractivity contribution in [1.29, 1.82) is 0 Å². The Balaban J connectivity index is 2.41. The second-order valence-electron chi connectivity index (χ2n) is 5.31. The SMILES string of the molecule is CC(C)C(CNC(=O)Cc1csc(N)n1)C(C)C. The van der Waals surface area contributed by atoms with Gasteiger partial charge in [0.2, 0.25) is 5.91 Å². The van der Waals surface area contributed by atoms with Crippen LogP contribution >= 0.6 is 11.3 Å². The number of rotatable bonds is 6. The zero-order chi connectivity index (χ0) is 13.7. The van der Waals surface area contributed by atoms with E-state index in [1.165, 1.54) is 11.3 Å². The maximum atomic E-state index is 11.8. The smallest absolute Gasteiger partial charge is 0.226 e. The quantitative estimate of drug-likeness (QED) is 0.832. The average molecular weight is 269 g/mol. The zero-order valence-electron chi connectivity index (χ0n) is 11.6. The number of nitrogens with one attached hydrogen (secondary N) is 1. The Kier molecular flexibility index (Phi) is 5.59. The fraction of sp³-hybridized carbons (Fsp3) is 0.692. The number of nitrogen functional groups attached to an aromatic ring is 1. The number of aromatic nitrogens is 1. The Morgan fingerprint density at radius 3 is 2.44 bits per heavy atom. The van der Waals surface area contributed by atoms with E-state index in [4.69, 9.17) is 5.73 Å². The summed E-state index contributed by atoms with van der Waals surface area (Å²) in [4.78, 5) is 15.9. The van der Waals surface area contributed by atoms with Gasteiger partial charge in [0.25, 0.3) is 0 Å². The fourth-order valence-electron chi connectivity index (χ4n) is 2.10. The Hall–Kier alpha value is -1.10. The molecule has 1 rings (SSSR count). The first kappa shape index (κ1) is 15.0. The summed E-state index contributed by atoms with van der Waals surface area (Å²) in [6, 6.07) is 0. The van der Waals surface area contributed by atoms with E-state index in [0.717, 1.165) is 12.2 Å². The number of nitrogens with zero attached hydrogens (tertiary/aromatic N) is 1. The van der Waals surface area contributed by atoms with Gasteiger partial charge in [-0.15, -0.1) is 11.3 Å². The van der Waals surface area contributed by atoms with Crippen LogP contribution in [0.1, 0.15) is 33.4 Å². The van der Waals surface area contributed by atoms with Crippen LogP contribution < -0.4 is 11.1 Å². The fourth-order valence-corrected chi connectivity index (χ4v) is 2.67. The number of amides is 1. The molecule has 3 N–H and O–H groups in total. The van der Waals surface area contributed by atoms with Gasteiger partial charge in [-0.1, -0.05) is 27.7 Å². The molecule has 0 bridgehead atoms. The normalized spacial score (nSPS) is 11.5. The summed E-state index contributed by atoms with van der Waals surface area (Å²) >= 11 is 1.37. The van der Waals surface area contributed by atoms with Crippen LogP contribution in [0, 0.1) is 17.8 Å². The molecule has 0 aliphatic carbocycles. The molecule has 102 valence electrons. The molecule has 0 saturated heterocycles. The lowest BCUT2D eigenvalue weighted by molar-refractivity contribution is -0.120. The van der Waals surface area contributed by atoms with Gasteiger partial charge >= 0.3 is 0 Å². The molecule has 0 fully saturated rings. The van der Waals surface area contributed by atoms with E-state index in [0.29, 0.717) is 29.3 Å². The first-order chi connectivity index (χ1) is 8.40. The maximum absolute atomic E-state index is 11.8. The zero-order valence-corrected chi connectivity index (χ0v) is 12.4. The Bertz CT molecular complexity index is 379. The number of hydrogen-bond donors (Lipinski definition) is 2. The van der Waals surface area contributed by atoms with E-state index in [1.54, 1.807) is 0 Å². The molecule has 0 aliphatic rings. The van der Waals surface area contributed by atoms with Crippen molar-refractivity contribution in [3.63, 3.8) is 0 Å². The van der Waals surface area contributed by atoms with E-state index in [2.05, 4.69) is 38.0 Å². The summed E-state index contributed by atoms with van der Waals surface area (Å²) in [7, 11) is 0. The summed E-state index contributed by atoms with van der Waals surface area (Å²) in [5.41, 5.74) is 6.28. The molecule has 5 heteroatoms. The van der Waals surface area contributed by atoms with Crippen molar-refractivity contribution in [3.8, 4) is 0 Å². The number of hydrogen-bond acceptors (Lipinski definition) is 4. The Labute approximate surface area is 113 Å². The van der Waals surface area contributed by atoms with Crippen molar-refractivity contribution in [1.82, 2.24) is 10.3 Å². The van der Waals surface area contributed by atoms with Gasteiger partial charge in [-0.2, -0.15) is 0 Å². The highest BCUT2D eigenvalue weighted by atomic mass is 32.1. The summed E-state index contributed by atoms with van der Waals surface area (Å²) in [6.07, 6.45) is 0.316. The third-order valence-electron chi connectivity index (χ3n) is 3.16. The van der Waals surface area contributed by atoms with Crippen LogP contribution in [0.2, 0.25) is 0 Å². The molecule has 0 aromatic carbocycles. The number of anilines is 1. The highest BCUT2D eigenvalue weighted by Crippen LogP contribution is 2.19. The summed E-state index contributed by atoms with van der Waals surface area (Å²) < 4.78 is 0. The molecule has 0 spiro atoms. The summed E-state index contributed by atoms with van der Waals surface area (Å²) in [6.45, 7) is 9.50. The maximum Gasteiger partial charge on any atom is 0.226 e. The molecule has 0 atom stereocenters. The third kappa shape index (κ3) is 4.64. The summed E-state index contributed by atoms with van der Waals surface area (Å²) in [5, 5.41) is 5.33. The third-order valence-corrected chi connectivity index (χ3v) is 3.88. The van der Waals surface area contributed by atoms with Gasteiger partial charge < -0.3 is 11.1 Å². The van der Waals surface area contributed by atoms with Gasteiger partial charge in [-0.05, 0) is 17.8 Å². The van der Waals surface area contributed by atoms with Crippen molar-refractivity contribution in [3.05, 3.63) is 11.1 Å². The van der Waals surface area contributed by atoms with Crippen molar-refractivity contribution in [2.45, 2.75) is 34.1 Å². The van der Waals surface area contributed by atoms with Gasteiger partial charge in [-0.25, -0.2) is 4.98 Å². The molecule has 0 unspecified atom stereocenters. The van der Waals surface area contributed by atoms with E-state index in [9.17, 15) is 4.79 Å². The number of carbonyl (C=O) groups excluding carboxylic acids is 1. The Morgan fingerprint density at radius 1 is 1.39 bits per heavy atom. The van der Waals surface area contributed by atoms with Crippen LogP contribution in [-0.2, 0) is 11.2 Å². The lowest BCUT2D eigenvalue weighted by Crippen LogP contribution is -2.34. The molecule has 1 aromatic heterocycles. The molecule has 1 amide bonds. The lowest BCUT2D eigenvalue weighted by Gasteiger charge is -2.24. The highest BCUT2D eigenvalue weighted by molar-refractivity contribution is 7.13. The van der Waals surface area contributed by atoms with Crippen LogP contribution in [0.15, 0.2) is 5.38 Å². The van der Waals surface area contributed by atoms with Crippen molar-refractivity contribution >= 4 is 22.4 Å². The van der Waals surface area contributed by atoms with Gasteiger partial charge in [0.15, 0.2) is 5.13 Å². The number of thiazole rings is 1. The first-order valence-electron chi connectivity index (χ1n) is 6.36. The lowest BCUT2D eigenvalue weighted by atomic mass is 9.85. The summed E-state index contributed by atoms with van der Waals surface area (Å²) in [5.74, 6) is 1.67. The second-order valence-corrected chi connectivity index (χ2v) is 6.20. The van der Waals surface area contributed by atoms with Gasteiger partial charge in [-0.3, -0.25) is 4.79 Å². The molecular formula is C13H23N3OS. The molecule has 1 heterocycles. The van der Waals surface area contributed by atoms with E-state index >= 15 is 0 Å². The average Bonchev–Trinajstić information content (AvgIpc) is 2.62. The van der Waals surface area contributed by atoms with Crippen LogP contribution in [0.25, 0.3) is 0 Å². The standard InChI is InChI=1S/C13H23N3OS/c1-8(2)11(9(3)4)6-15-12(17)5-10-7-18-13(14)16-10/h7-9,11H,5-6H2,1-4H3,(H2,14,16)(H,15,17). The minimum atomic E-state index is 0.0200. The molecule has 0 radical (unpaired) electrons. The molecular weight excluding hydrogens is 246 g/mol. The second kappa shape index (κ2) is 6.73. The van der Waals surface area contributed by atoms with E-state index < -0.39 is 0 Å².